The van der Waals surface area contributed by atoms with Crippen LogP contribution < -0.4 is 19.5 Å². The summed E-state index contributed by atoms with van der Waals surface area (Å²) in [5.41, 5.74) is 1.04. The zero-order valence-electron chi connectivity index (χ0n) is 16.4. The molecule has 1 aliphatic heterocycles. The van der Waals surface area contributed by atoms with Gasteiger partial charge in [0.25, 0.3) is 5.88 Å². The molecule has 1 N–H and O–H groups in total. The summed E-state index contributed by atoms with van der Waals surface area (Å²) in [5.74, 6) is 1.45. The van der Waals surface area contributed by atoms with Crippen molar-refractivity contribution in [3.63, 3.8) is 0 Å². The maximum Gasteiger partial charge on any atom is 0.317 e. The molecule has 0 spiro atoms. The van der Waals surface area contributed by atoms with E-state index in [4.69, 9.17) is 19.5 Å². The summed E-state index contributed by atoms with van der Waals surface area (Å²) >= 11 is 0. The quantitative estimate of drug-likeness (QED) is 0.795. The molecule has 0 aliphatic carbocycles. The normalized spacial score (nSPS) is 15.9. The highest BCUT2D eigenvalue weighted by Crippen LogP contribution is 2.27. The minimum absolute atomic E-state index is 0.141. The van der Waals surface area contributed by atoms with Gasteiger partial charge in [-0.05, 0) is 30.5 Å². The minimum atomic E-state index is -0.237. The second-order valence-electron chi connectivity index (χ2n) is 6.50. The predicted molar refractivity (Wildman–Crippen MR) is 104 cm³/mol. The fourth-order valence-electron chi connectivity index (χ4n) is 3.14. The topological polar surface area (TPSA) is 110 Å². The molecule has 1 fully saturated rings. The summed E-state index contributed by atoms with van der Waals surface area (Å²) in [7, 11) is 3.15. The first-order chi connectivity index (χ1) is 14.1. The summed E-state index contributed by atoms with van der Waals surface area (Å²) in [6.07, 6.45) is 4.27. The number of benzene rings is 1. The highest BCUT2D eigenvalue weighted by molar-refractivity contribution is 5.74. The van der Waals surface area contributed by atoms with Crippen LogP contribution in [-0.2, 0) is 6.54 Å². The number of rotatable bonds is 6. The van der Waals surface area contributed by atoms with Crippen LogP contribution in [0.5, 0.6) is 17.4 Å². The number of carbonyl (C=O) groups excluding carboxylic acids is 1. The van der Waals surface area contributed by atoms with Crippen LogP contribution in [0.25, 0.3) is 0 Å². The van der Waals surface area contributed by atoms with Gasteiger partial charge in [-0.2, -0.15) is 5.26 Å². The second kappa shape index (κ2) is 9.59. The fourth-order valence-corrected chi connectivity index (χ4v) is 3.14. The monoisotopic (exact) mass is 397 g/mol. The Morgan fingerprint density at radius 2 is 2.07 bits per heavy atom. The van der Waals surface area contributed by atoms with E-state index in [9.17, 15) is 4.79 Å². The van der Waals surface area contributed by atoms with Gasteiger partial charge in [0, 0.05) is 25.5 Å². The molecule has 2 heterocycles. The molecule has 2 aromatic rings. The van der Waals surface area contributed by atoms with E-state index in [1.807, 2.05) is 18.2 Å². The van der Waals surface area contributed by atoms with E-state index in [1.165, 1.54) is 12.4 Å². The third kappa shape index (κ3) is 5.04. The summed E-state index contributed by atoms with van der Waals surface area (Å²) in [5, 5.41) is 12.0. The number of piperidine rings is 1. The lowest BCUT2D eigenvalue weighted by molar-refractivity contribution is 0.0971. The first-order valence-corrected chi connectivity index (χ1v) is 9.26. The molecular weight excluding hydrogens is 374 g/mol. The zero-order chi connectivity index (χ0) is 20.6. The van der Waals surface area contributed by atoms with Crippen LogP contribution in [0.3, 0.4) is 0 Å². The Morgan fingerprint density at radius 3 is 2.83 bits per heavy atom. The summed E-state index contributed by atoms with van der Waals surface area (Å²) in [4.78, 5) is 22.3. The molecule has 0 bridgehead atoms. The first kappa shape index (κ1) is 20.2. The van der Waals surface area contributed by atoms with Crippen molar-refractivity contribution in [2.45, 2.75) is 25.5 Å². The first-order valence-electron chi connectivity index (χ1n) is 9.26. The molecule has 29 heavy (non-hydrogen) atoms. The molecule has 1 aromatic heterocycles. The van der Waals surface area contributed by atoms with Crippen LogP contribution in [0.2, 0.25) is 0 Å². The molecular formula is C20H23N5O4. The molecule has 0 radical (unpaired) electrons. The van der Waals surface area contributed by atoms with Gasteiger partial charge < -0.3 is 24.4 Å². The van der Waals surface area contributed by atoms with E-state index in [0.717, 1.165) is 18.4 Å². The number of nitrogens with zero attached hydrogens (tertiary/aromatic N) is 4. The standard InChI is InChI=1S/C20H23N5O4/c1-27-17-6-5-14(10-18(17)28-2)12-24-20(26)25-9-3-4-15(13-25)29-19-16(11-21)22-7-8-23-19/h5-8,10,15H,3-4,9,12-13H2,1-2H3,(H,24,26)/t15-/m1/s1. The molecule has 9 nitrogen and oxygen atoms in total. The average Bonchev–Trinajstić information content (AvgIpc) is 2.77. The number of amides is 2. The maximum absolute atomic E-state index is 12.6. The van der Waals surface area contributed by atoms with Gasteiger partial charge in [-0.3, -0.25) is 0 Å². The summed E-state index contributed by atoms with van der Waals surface area (Å²) < 4.78 is 16.3. The maximum atomic E-state index is 12.6. The van der Waals surface area contributed by atoms with Crippen LogP contribution in [0, 0.1) is 11.3 Å². The van der Waals surface area contributed by atoms with Crippen LogP contribution in [0.1, 0.15) is 24.1 Å². The van der Waals surface area contributed by atoms with Crippen molar-refractivity contribution >= 4 is 6.03 Å². The molecule has 152 valence electrons. The SMILES string of the molecule is COc1ccc(CNC(=O)N2CCC[C@@H](Oc3nccnc3C#N)C2)cc1OC. The predicted octanol–water partition coefficient (Wildman–Crippen LogP) is 2.12. The molecule has 2 amide bonds. The van der Waals surface area contributed by atoms with Gasteiger partial charge in [-0.15, -0.1) is 0 Å². The van der Waals surface area contributed by atoms with E-state index >= 15 is 0 Å². The number of ether oxygens (including phenoxy) is 3. The lowest BCUT2D eigenvalue weighted by Crippen LogP contribution is -2.48. The minimum Gasteiger partial charge on any atom is -0.493 e. The molecule has 1 atom stereocenters. The Balaban J connectivity index is 1.56. The smallest absolute Gasteiger partial charge is 0.317 e. The van der Waals surface area contributed by atoms with E-state index in [2.05, 4.69) is 15.3 Å². The number of urea groups is 1. The van der Waals surface area contributed by atoms with Gasteiger partial charge in [-0.1, -0.05) is 6.07 Å². The van der Waals surface area contributed by atoms with Gasteiger partial charge in [-0.25, -0.2) is 14.8 Å². The van der Waals surface area contributed by atoms with Crippen molar-refractivity contribution < 1.29 is 19.0 Å². The van der Waals surface area contributed by atoms with Crippen molar-refractivity contribution in [2.75, 3.05) is 27.3 Å². The van der Waals surface area contributed by atoms with Gasteiger partial charge in [0.2, 0.25) is 5.69 Å². The third-order valence-electron chi connectivity index (χ3n) is 4.61. The van der Waals surface area contributed by atoms with Crippen molar-refractivity contribution in [3.8, 4) is 23.4 Å². The number of nitrogens with one attached hydrogen (secondary N) is 1. The number of hydrogen-bond acceptors (Lipinski definition) is 7. The highest BCUT2D eigenvalue weighted by atomic mass is 16.5. The molecule has 0 unspecified atom stereocenters. The van der Waals surface area contributed by atoms with Gasteiger partial charge in [0.15, 0.2) is 11.5 Å². The Hall–Kier alpha value is -3.54. The van der Waals surface area contributed by atoms with Gasteiger partial charge >= 0.3 is 6.03 Å². The lowest BCUT2D eigenvalue weighted by Gasteiger charge is -2.32. The van der Waals surface area contributed by atoms with Crippen LogP contribution in [-0.4, -0.2) is 54.3 Å². The van der Waals surface area contributed by atoms with E-state index in [1.54, 1.807) is 25.2 Å². The Bertz CT molecular complexity index is 899. The van der Waals surface area contributed by atoms with Crippen LogP contribution >= 0.6 is 0 Å². The van der Waals surface area contributed by atoms with Gasteiger partial charge in [0.1, 0.15) is 12.2 Å². The summed E-state index contributed by atoms with van der Waals surface area (Å²) in [6, 6.07) is 7.30. The Labute approximate surface area is 169 Å². The molecule has 1 saturated heterocycles. The van der Waals surface area contributed by atoms with E-state index in [-0.39, 0.29) is 23.7 Å². The fraction of sp³-hybridized carbons (Fsp3) is 0.400. The van der Waals surface area contributed by atoms with E-state index in [0.29, 0.717) is 31.1 Å². The largest absolute Gasteiger partial charge is 0.493 e. The molecule has 1 aromatic carbocycles. The Morgan fingerprint density at radius 1 is 1.28 bits per heavy atom. The second-order valence-corrected chi connectivity index (χ2v) is 6.50. The molecule has 1 aliphatic rings. The number of hydrogen-bond donors (Lipinski definition) is 1. The van der Waals surface area contributed by atoms with Crippen molar-refractivity contribution in [3.05, 3.63) is 41.9 Å². The highest BCUT2D eigenvalue weighted by Gasteiger charge is 2.26. The number of methoxy groups -OCH3 is 2. The number of likely N-dealkylation sites (tertiary alicyclic amines) is 1. The third-order valence-corrected chi connectivity index (χ3v) is 4.61. The molecule has 3 rings (SSSR count). The number of aromatic nitrogens is 2. The zero-order valence-corrected chi connectivity index (χ0v) is 16.4. The van der Waals surface area contributed by atoms with Crippen molar-refractivity contribution in [1.82, 2.24) is 20.2 Å². The van der Waals surface area contributed by atoms with Crippen molar-refractivity contribution in [2.24, 2.45) is 0 Å². The number of nitriles is 1. The molecule has 9 heteroatoms. The number of carbonyl (C=O) groups is 1. The van der Waals surface area contributed by atoms with Crippen LogP contribution in [0.15, 0.2) is 30.6 Å². The van der Waals surface area contributed by atoms with Crippen LogP contribution in [0.4, 0.5) is 4.79 Å². The van der Waals surface area contributed by atoms with E-state index < -0.39 is 0 Å². The van der Waals surface area contributed by atoms with Gasteiger partial charge in [0.05, 0.1) is 20.8 Å². The molecule has 0 saturated carbocycles. The summed E-state index contributed by atoms with van der Waals surface area (Å²) in [6.45, 7) is 1.42. The Kier molecular flexibility index (Phi) is 6.68. The lowest BCUT2D eigenvalue weighted by atomic mass is 10.1. The van der Waals surface area contributed by atoms with Crippen molar-refractivity contribution in [1.29, 1.82) is 5.26 Å². The average molecular weight is 397 g/mol.